The molecule has 6 heteroatoms. The predicted molar refractivity (Wildman–Crippen MR) is 125 cm³/mol. The summed E-state index contributed by atoms with van der Waals surface area (Å²) < 4.78 is 12.4. The van der Waals surface area contributed by atoms with Crippen LogP contribution in [0.15, 0.2) is 54.7 Å². The monoisotopic (exact) mass is 426 g/mol. The van der Waals surface area contributed by atoms with Crippen molar-refractivity contribution in [1.29, 1.82) is 0 Å². The van der Waals surface area contributed by atoms with Crippen molar-refractivity contribution in [3.8, 4) is 5.75 Å². The van der Waals surface area contributed by atoms with Crippen LogP contribution in [0, 0.1) is 0 Å². The minimum absolute atomic E-state index is 0.0417. The summed E-state index contributed by atoms with van der Waals surface area (Å²) in [5.74, 6) is 0.118. The lowest BCUT2D eigenvalue weighted by molar-refractivity contribution is -0.108. The molecule has 1 aromatic heterocycles. The molecule has 0 saturated heterocycles. The summed E-state index contributed by atoms with van der Waals surface area (Å²) in [6, 6.07) is 15.2. The second-order valence-corrected chi connectivity index (χ2v) is 7.50. The Balaban J connectivity index is 0.000000521. The fourth-order valence-corrected chi connectivity index (χ4v) is 2.53. The number of nitrogens with zero attached hydrogens (tertiary/aromatic N) is 1. The Morgan fingerprint density at radius 1 is 1.10 bits per heavy atom. The maximum atomic E-state index is 11.6. The lowest BCUT2D eigenvalue weighted by atomic mass is 10.1. The average Bonchev–Trinajstić information content (AvgIpc) is 3.13. The second kappa shape index (κ2) is 12.5. The molecule has 0 aliphatic carbocycles. The number of nitrogens with two attached hydrogens (primary N) is 1. The van der Waals surface area contributed by atoms with Crippen LogP contribution in [0.3, 0.4) is 0 Å². The fraction of sp³-hybridized carbons (Fsp3) is 0.360. The summed E-state index contributed by atoms with van der Waals surface area (Å²) in [6.07, 6.45) is 2.38. The SMILES string of the molecule is CC.COC(C)(C)C.NC(=O)c1cn(CC=O)c2ccc(OCc3ccccc3)cc12. The predicted octanol–water partition coefficient (Wildman–Crippen LogP) is 4.98. The minimum atomic E-state index is -0.528. The highest BCUT2D eigenvalue weighted by Gasteiger charge is 2.13. The zero-order valence-corrected chi connectivity index (χ0v) is 19.3. The van der Waals surface area contributed by atoms with Crippen molar-refractivity contribution in [2.24, 2.45) is 5.73 Å². The Morgan fingerprint density at radius 2 is 1.71 bits per heavy atom. The van der Waals surface area contributed by atoms with Gasteiger partial charge in [-0.25, -0.2) is 0 Å². The highest BCUT2D eigenvalue weighted by atomic mass is 16.5. The van der Waals surface area contributed by atoms with Crippen molar-refractivity contribution in [1.82, 2.24) is 4.57 Å². The lowest BCUT2D eigenvalue weighted by Gasteiger charge is -2.14. The Morgan fingerprint density at radius 3 is 2.23 bits per heavy atom. The summed E-state index contributed by atoms with van der Waals surface area (Å²) >= 11 is 0. The van der Waals surface area contributed by atoms with E-state index in [1.807, 2.05) is 77.1 Å². The quantitative estimate of drug-likeness (QED) is 0.564. The highest BCUT2D eigenvalue weighted by molar-refractivity contribution is 6.06. The Kier molecular flexibility index (Phi) is 10.5. The molecule has 0 radical (unpaired) electrons. The van der Waals surface area contributed by atoms with Gasteiger partial charge in [-0.1, -0.05) is 44.2 Å². The normalized spacial score (nSPS) is 10.4. The number of rotatable bonds is 6. The van der Waals surface area contributed by atoms with Gasteiger partial charge in [-0.05, 0) is 44.5 Å². The molecule has 0 atom stereocenters. The van der Waals surface area contributed by atoms with Crippen molar-refractivity contribution in [3.05, 3.63) is 65.9 Å². The molecule has 0 aliphatic heterocycles. The number of methoxy groups -OCH3 is 1. The van der Waals surface area contributed by atoms with Crippen molar-refractivity contribution >= 4 is 23.1 Å². The van der Waals surface area contributed by atoms with Gasteiger partial charge in [0.05, 0.1) is 17.7 Å². The first-order valence-electron chi connectivity index (χ1n) is 10.3. The van der Waals surface area contributed by atoms with E-state index in [9.17, 15) is 9.59 Å². The first kappa shape index (κ1) is 25.9. The molecular formula is C25H34N2O4. The topological polar surface area (TPSA) is 83.5 Å². The van der Waals surface area contributed by atoms with Crippen LogP contribution in [0.25, 0.3) is 10.9 Å². The first-order chi connectivity index (χ1) is 14.7. The van der Waals surface area contributed by atoms with Gasteiger partial charge in [0.2, 0.25) is 0 Å². The number of benzene rings is 2. The van der Waals surface area contributed by atoms with E-state index in [2.05, 4.69) is 0 Å². The van der Waals surface area contributed by atoms with E-state index >= 15 is 0 Å². The largest absolute Gasteiger partial charge is 0.489 e. The summed E-state index contributed by atoms with van der Waals surface area (Å²) in [4.78, 5) is 22.4. The van der Waals surface area contributed by atoms with Crippen molar-refractivity contribution in [3.63, 3.8) is 0 Å². The van der Waals surface area contributed by atoms with E-state index in [1.54, 1.807) is 23.9 Å². The molecule has 0 fully saturated rings. The minimum Gasteiger partial charge on any atom is -0.489 e. The molecule has 3 aromatic rings. The third kappa shape index (κ3) is 8.26. The molecule has 2 aromatic carbocycles. The second-order valence-electron chi connectivity index (χ2n) is 7.50. The molecule has 0 spiro atoms. The van der Waals surface area contributed by atoms with Crippen LogP contribution < -0.4 is 10.5 Å². The van der Waals surface area contributed by atoms with E-state index in [4.69, 9.17) is 15.2 Å². The summed E-state index contributed by atoms with van der Waals surface area (Å²) in [7, 11) is 1.71. The Hall–Kier alpha value is -3.12. The zero-order valence-electron chi connectivity index (χ0n) is 19.3. The van der Waals surface area contributed by atoms with Gasteiger partial charge in [-0.2, -0.15) is 0 Å². The van der Waals surface area contributed by atoms with Gasteiger partial charge >= 0.3 is 0 Å². The summed E-state index contributed by atoms with van der Waals surface area (Å²) in [5.41, 5.74) is 7.68. The van der Waals surface area contributed by atoms with Gasteiger partial charge in [0, 0.05) is 24.2 Å². The maximum Gasteiger partial charge on any atom is 0.250 e. The molecular weight excluding hydrogens is 392 g/mol. The molecule has 2 N–H and O–H groups in total. The van der Waals surface area contributed by atoms with E-state index in [0.29, 0.717) is 23.3 Å². The number of carbonyl (C=O) groups is 2. The van der Waals surface area contributed by atoms with Crippen LogP contribution in [0.4, 0.5) is 0 Å². The number of fused-ring (bicyclic) bond motifs is 1. The number of amides is 1. The van der Waals surface area contributed by atoms with Gasteiger partial charge in [-0.3, -0.25) is 4.79 Å². The number of aromatic nitrogens is 1. The van der Waals surface area contributed by atoms with Gasteiger partial charge in [0.25, 0.3) is 5.91 Å². The third-order valence-electron chi connectivity index (χ3n) is 4.25. The van der Waals surface area contributed by atoms with E-state index in [0.717, 1.165) is 17.4 Å². The molecule has 168 valence electrons. The smallest absolute Gasteiger partial charge is 0.250 e. The van der Waals surface area contributed by atoms with Crippen LogP contribution in [0.2, 0.25) is 0 Å². The standard InChI is InChI=1S/C18H16N2O3.C5H12O.C2H6/c19-18(22)16-11-20(8-9-21)17-7-6-14(10-15(16)17)23-12-13-4-2-1-3-5-13;1-5(2,3)6-4;1-2/h1-7,9-11H,8,12H2,(H2,19,22);1-4H3;1-2H3. The number of hydrogen-bond donors (Lipinski definition) is 1. The van der Waals surface area contributed by atoms with Gasteiger partial charge in [-0.15, -0.1) is 0 Å². The fourth-order valence-electron chi connectivity index (χ4n) is 2.53. The van der Waals surface area contributed by atoms with Crippen LogP contribution in [0.5, 0.6) is 5.75 Å². The number of ether oxygens (including phenoxy) is 2. The number of carbonyl (C=O) groups excluding carboxylic acids is 2. The zero-order chi connectivity index (χ0) is 23.4. The molecule has 0 saturated carbocycles. The van der Waals surface area contributed by atoms with Crippen molar-refractivity contribution < 1.29 is 19.1 Å². The number of hydrogen-bond acceptors (Lipinski definition) is 4. The van der Waals surface area contributed by atoms with Crippen LogP contribution in [-0.2, 0) is 22.7 Å². The van der Waals surface area contributed by atoms with Gasteiger partial charge < -0.3 is 24.6 Å². The lowest BCUT2D eigenvalue weighted by Crippen LogP contribution is -2.15. The third-order valence-corrected chi connectivity index (χ3v) is 4.25. The highest BCUT2D eigenvalue weighted by Crippen LogP contribution is 2.26. The van der Waals surface area contributed by atoms with Crippen LogP contribution in [0.1, 0.15) is 50.5 Å². The molecule has 0 bridgehead atoms. The van der Waals surface area contributed by atoms with E-state index in [-0.39, 0.29) is 12.1 Å². The maximum absolute atomic E-state index is 11.6. The van der Waals surface area contributed by atoms with E-state index < -0.39 is 5.91 Å². The van der Waals surface area contributed by atoms with Crippen molar-refractivity contribution in [2.45, 2.75) is 53.4 Å². The number of primary amides is 1. The summed E-state index contributed by atoms with van der Waals surface area (Å²) in [5, 5.41) is 0.685. The molecule has 0 aliphatic rings. The van der Waals surface area contributed by atoms with Crippen LogP contribution >= 0.6 is 0 Å². The summed E-state index contributed by atoms with van der Waals surface area (Å²) in [6.45, 7) is 10.7. The van der Waals surface area contributed by atoms with E-state index in [1.165, 1.54) is 0 Å². The van der Waals surface area contributed by atoms with Crippen molar-refractivity contribution in [2.75, 3.05) is 7.11 Å². The molecule has 0 unspecified atom stereocenters. The molecule has 31 heavy (non-hydrogen) atoms. The Bertz CT molecular complexity index is 957. The molecule has 1 amide bonds. The van der Waals surface area contributed by atoms with Crippen LogP contribution in [-0.4, -0.2) is 29.5 Å². The molecule has 1 heterocycles. The molecule has 3 rings (SSSR count). The Labute approximate surface area is 185 Å². The number of aldehydes is 1. The average molecular weight is 427 g/mol. The molecule has 6 nitrogen and oxygen atoms in total. The van der Waals surface area contributed by atoms with Gasteiger partial charge in [0.1, 0.15) is 18.6 Å². The van der Waals surface area contributed by atoms with Gasteiger partial charge in [0.15, 0.2) is 0 Å². The first-order valence-corrected chi connectivity index (χ1v) is 10.3.